The Hall–Kier alpha value is -3.06. The van der Waals surface area contributed by atoms with E-state index in [-0.39, 0.29) is 17.9 Å². The summed E-state index contributed by atoms with van der Waals surface area (Å²) in [6.45, 7) is 1.89. The molecular formula is C24H24BrN3O3. The number of nitrogens with one attached hydrogen (secondary N) is 2. The van der Waals surface area contributed by atoms with Gasteiger partial charge in [-0.05, 0) is 61.4 Å². The van der Waals surface area contributed by atoms with Crippen molar-refractivity contribution >= 4 is 33.4 Å². The summed E-state index contributed by atoms with van der Waals surface area (Å²) in [6.07, 6.45) is 3.24. The Balaban J connectivity index is 1.35. The number of furan rings is 1. The molecule has 1 aromatic heterocycles. The van der Waals surface area contributed by atoms with E-state index in [4.69, 9.17) is 4.42 Å². The molecule has 1 aliphatic heterocycles. The van der Waals surface area contributed by atoms with E-state index in [1.807, 2.05) is 54.6 Å². The van der Waals surface area contributed by atoms with Gasteiger partial charge in [-0.3, -0.25) is 9.59 Å². The zero-order chi connectivity index (χ0) is 21.6. The number of piperidine rings is 1. The van der Waals surface area contributed by atoms with Crippen molar-refractivity contribution in [1.82, 2.24) is 10.6 Å². The van der Waals surface area contributed by atoms with Crippen molar-refractivity contribution in [3.05, 3.63) is 88.3 Å². The van der Waals surface area contributed by atoms with Crippen molar-refractivity contribution in [2.75, 3.05) is 18.0 Å². The fraction of sp³-hybridized carbons (Fsp3) is 0.250. The molecule has 7 heteroatoms. The van der Waals surface area contributed by atoms with E-state index in [0.29, 0.717) is 23.4 Å². The maximum Gasteiger partial charge on any atom is 0.253 e. The minimum atomic E-state index is -0.127. The molecule has 6 nitrogen and oxygen atoms in total. The number of rotatable bonds is 6. The lowest BCUT2D eigenvalue weighted by atomic mass is 10.0. The number of halogens is 1. The number of amides is 2. The molecule has 0 spiro atoms. The molecule has 2 aromatic carbocycles. The largest absolute Gasteiger partial charge is 0.467 e. The predicted molar refractivity (Wildman–Crippen MR) is 123 cm³/mol. The molecule has 0 unspecified atom stereocenters. The van der Waals surface area contributed by atoms with Crippen molar-refractivity contribution in [2.24, 2.45) is 0 Å². The van der Waals surface area contributed by atoms with Gasteiger partial charge in [-0.15, -0.1) is 0 Å². The Morgan fingerprint density at radius 2 is 1.71 bits per heavy atom. The van der Waals surface area contributed by atoms with Gasteiger partial charge in [0.15, 0.2) is 0 Å². The Morgan fingerprint density at radius 3 is 2.42 bits per heavy atom. The monoisotopic (exact) mass is 481 g/mol. The van der Waals surface area contributed by atoms with Crippen LogP contribution in [0, 0.1) is 0 Å². The summed E-state index contributed by atoms with van der Waals surface area (Å²) in [4.78, 5) is 27.5. The SMILES string of the molecule is O=C(NC1CCN(c2ccccc2C(=O)NCc2ccco2)CC1)c1ccc(Br)cc1. The van der Waals surface area contributed by atoms with Crippen molar-refractivity contribution in [1.29, 1.82) is 0 Å². The summed E-state index contributed by atoms with van der Waals surface area (Å²) in [6, 6.07) is 18.7. The van der Waals surface area contributed by atoms with E-state index in [1.165, 1.54) is 0 Å². The molecule has 160 valence electrons. The number of nitrogens with zero attached hydrogens (tertiary/aromatic N) is 1. The van der Waals surface area contributed by atoms with Gasteiger partial charge in [0.25, 0.3) is 11.8 Å². The highest BCUT2D eigenvalue weighted by Crippen LogP contribution is 2.24. The van der Waals surface area contributed by atoms with Gasteiger partial charge < -0.3 is 20.0 Å². The zero-order valence-corrected chi connectivity index (χ0v) is 18.6. The summed E-state index contributed by atoms with van der Waals surface area (Å²) in [7, 11) is 0. The number of hydrogen-bond donors (Lipinski definition) is 2. The van der Waals surface area contributed by atoms with E-state index in [2.05, 4.69) is 31.5 Å². The smallest absolute Gasteiger partial charge is 0.253 e. The Kier molecular flexibility index (Phi) is 6.72. The second-order valence-electron chi connectivity index (χ2n) is 7.52. The number of anilines is 1. The second-order valence-corrected chi connectivity index (χ2v) is 8.44. The van der Waals surface area contributed by atoms with Crippen LogP contribution in [-0.4, -0.2) is 30.9 Å². The third-order valence-corrected chi connectivity index (χ3v) is 5.96. The number of carbonyl (C=O) groups excluding carboxylic acids is 2. The summed E-state index contributed by atoms with van der Waals surface area (Å²) in [5, 5.41) is 6.05. The van der Waals surface area contributed by atoms with E-state index in [1.54, 1.807) is 12.3 Å². The highest BCUT2D eigenvalue weighted by Gasteiger charge is 2.24. The lowest BCUT2D eigenvalue weighted by molar-refractivity contribution is 0.0929. The van der Waals surface area contributed by atoms with E-state index < -0.39 is 0 Å². The summed E-state index contributed by atoms with van der Waals surface area (Å²) < 4.78 is 6.23. The topological polar surface area (TPSA) is 74.6 Å². The summed E-state index contributed by atoms with van der Waals surface area (Å²) in [5.74, 6) is 0.537. The third kappa shape index (κ3) is 5.35. The van der Waals surface area contributed by atoms with Gasteiger partial charge in [-0.2, -0.15) is 0 Å². The van der Waals surface area contributed by atoms with Crippen molar-refractivity contribution in [3.8, 4) is 0 Å². The first kappa shape index (κ1) is 21.2. The number of benzene rings is 2. The second kappa shape index (κ2) is 9.83. The highest BCUT2D eigenvalue weighted by molar-refractivity contribution is 9.10. The zero-order valence-electron chi connectivity index (χ0n) is 17.0. The fourth-order valence-corrected chi connectivity index (χ4v) is 4.02. The average Bonchev–Trinajstić information content (AvgIpc) is 3.32. The molecule has 2 heterocycles. The quantitative estimate of drug-likeness (QED) is 0.547. The molecule has 1 fully saturated rings. The lowest BCUT2D eigenvalue weighted by Crippen LogP contribution is -2.45. The van der Waals surface area contributed by atoms with Crippen LogP contribution in [0.1, 0.15) is 39.3 Å². The maximum absolute atomic E-state index is 12.8. The van der Waals surface area contributed by atoms with Gasteiger partial charge in [-0.1, -0.05) is 28.1 Å². The Labute approximate surface area is 189 Å². The van der Waals surface area contributed by atoms with Gasteiger partial charge in [0, 0.05) is 34.9 Å². The highest BCUT2D eigenvalue weighted by atomic mass is 79.9. The van der Waals surface area contributed by atoms with Crippen LogP contribution in [0.25, 0.3) is 0 Å². The molecule has 2 amide bonds. The van der Waals surface area contributed by atoms with E-state index >= 15 is 0 Å². The van der Waals surface area contributed by atoms with Crippen LogP contribution < -0.4 is 15.5 Å². The van der Waals surface area contributed by atoms with Gasteiger partial charge in [0.1, 0.15) is 5.76 Å². The first-order valence-electron chi connectivity index (χ1n) is 10.3. The van der Waals surface area contributed by atoms with Crippen LogP contribution in [0.3, 0.4) is 0 Å². The number of para-hydroxylation sites is 1. The molecule has 1 aliphatic rings. The number of hydrogen-bond acceptors (Lipinski definition) is 4. The van der Waals surface area contributed by atoms with Crippen molar-refractivity contribution in [2.45, 2.75) is 25.4 Å². The Morgan fingerprint density at radius 1 is 0.968 bits per heavy atom. The summed E-state index contributed by atoms with van der Waals surface area (Å²) in [5.41, 5.74) is 2.22. The molecule has 0 atom stereocenters. The van der Waals surface area contributed by atoms with Crippen LogP contribution in [0.5, 0.6) is 0 Å². The average molecular weight is 482 g/mol. The molecule has 2 N–H and O–H groups in total. The van der Waals surface area contributed by atoms with E-state index in [9.17, 15) is 9.59 Å². The Bertz CT molecular complexity index is 1030. The number of carbonyl (C=O) groups is 2. The van der Waals surface area contributed by atoms with E-state index in [0.717, 1.165) is 36.1 Å². The van der Waals surface area contributed by atoms with Crippen LogP contribution in [0.2, 0.25) is 0 Å². The normalized spacial score (nSPS) is 14.3. The van der Waals surface area contributed by atoms with Gasteiger partial charge >= 0.3 is 0 Å². The van der Waals surface area contributed by atoms with Gasteiger partial charge in [0.2, 0.25) is 0 Å². The van der Waals surface area contributed by atoms with Crippen molar-refractivity contribution in [3.63, 3.8) is 0 Å². The summed E-state index contributed by atoms with van der Waals surface area (Å²) >= 11 is 3.39. The fourth-order valence-electron chi connectivity index (χ4n) is 3.75. The van der Waals surface area contributed by atoms with Crippen LogP contribution >= 0.6 is 15.9 Å². The van der Waals surface area contributed by atoms with Crippen molar-refractivity contribution < 1.29 is 14.0 Å². The molecule has 31 heavy (non-hydrogen) atoms. The van der Waals surface area contributed by atoms with Gasteiger partial charge in [0.05, 0.1) is 18.4 Å². The minimum Gasteiger partial charge on any atom is -0.467 e. The molecule has 1 saturated heterocycles. The third-order valence-electron chi connectivity index (χ3n) is 5.43. The molecule has 0 radical (unpaired) electrons. The molecule has 3 aromatic rings. The first-order valence-corrected chi connectivity index (χ1v) is 11.1. The van der Waals surface area contributed by atoms with Crippen LogP contribution in [-0.2, 0) is 6.54 Å². The van der Waals surface area contributed by atoms with Crippen LogP contribution in [0.4, 0.5) is 5.69 Å². The maximum atomic E-state index is 12.8. The molecular weight excluding hydrogens is 458 g/mol. The standard InChI is InChI=1S/C24H24BrN3O3/c25-18-9-7-17(8-10-18)23(29)27-19-11-13-28(14-12-19)22-6-2-1-5-21(22)24(30)26-16-20-4-3-15-31-20/h1-10,15,19H,11-14,16H2,(H,26,30)(H,27,29). The predicted octanol–water partition coefficient (Wildman–Crippen LogP) is 4.37. The van der Waals surface area contributed by atoms with Gasteiger partial charge in [-0.25, -0.2) is 0 Å². The molecule has 0 bridgehead atoms. The molecule has 4 rings (SSSR count). The first-order chi connectivity index (χ1) is 15.1. The molecule has 0 saturated carbocycles. The molecule has 0 aliphatic carbocycles. The lowest BCUT2D eigenvalue weighted by Gasteiger charge is -2.35. The minimum absolute atomic E-state index is 0.0522. The van der Waals surface area contributed by atoms with Crippen LogP contribution in [0.15, 0.2) is 75.8 Å².